The van der Waals surface area contributed by atoms with Crippen molar-refractivity contribution in [3.63, 3.8) is 0 Å². The number of aryl methyl sites for hydroxylation is 1. The fraction of sp³-hybridized carbons (Fsp3) is 0.333. The van der Waals surface area contributed by atoms with Crippen LogP contribution in [-0.4, -0.2) is 20.1 Å². The van der Waals surface area contributed by atoms with Crippen molar-refractivity contribution in [2.75, 3.05) is 20.1 Å². The summed E-state index contributed by atoms with van der Waals surface area (Å²) in [5.74, 6) is 1.85. The molecule has 0 aliphatic carbocycles. The summed E-state index contributed by atoms with van der Waals surface area (Å²) in [5, 5.41) is 0. The summed E-state index contributed by atoms with van der Waals surface area (Å²) in [4.78, 5) is 0. The Morgan fingerprint density at radius 1 is 1.27 bits per heavy atom. The van der Waals surface area contributed by atoms with E-state index in [1.807, 2.05) is 19.1 Å². The van der Waals surface area contributed by atoms with Crippen LogP contribution < -0.4 is 9.47 Å². The number of hydrogen-bond acceptors (Lipinski definition) is 2. The minimum absolute atomic E-state index is 0.357. The zero-order valence-electron chi connectivity index (χ0n) is 9.26. The van der Waals surface area contributed by atoms with Crippen LogP contribution in [0, 0.1) is 6.92 Å². The molecular formula is C12H15ClO2. The van der Waals surface area contributed by atoms with Gasteiger partial charge >= 0.3 is 0 Å². The van der Waals surface area contributed by atoms with Gasteiger partial charge in [0.05, 0.1) is 19.8 Å². The Balaban J connectivity index is 3.36. The van der Waals surface area contributed by atoms with Gasteiger partial charge in [-0.1, -0.05) is 6.58 Å². The molecule has 0 aromatic heterocycles. The van der Waals surface area contributed by atoms with Gasteiger partial charge in [-0.05, 0) is 30.2 Å². The maximum absolute atomic E-state index is 5.77. The molecule has 0 bridgehead atoms. The van der Waals surface area contributed by atoms with Gasteiger partial charge in [-0.3, -0.25) is 0 Å². The molecular weight excluding hydrogens is 212 g/mol. The second-order valence-corrected chi connectivity index (χ2v) is 3.55. The molecule has 2 nitrogen and oxygen atoms in total. The van der Waals surface area contributed by atoms with E-state index in [-0.39, 0.29) is 0 Å². The molecule has 1 rings (SSSR count). The minimum Gasteiger partial charge on any atom is -0.496 e. The van der Waals surface area contributed by atoms with Crippen LogP contribution in [0.15, 0.2) is 18.7 Å². The molecule has 0 unspecified atom stereocenters. The molecule has 0 N–H and O–H groups in total. The molecule has 1 aromatic rings. The molecule has 0 aliphatic heterocycles. The zero-order chi connectivity index (χ0) is 11.4. The molecule has 0 heterocycles. The Kier molecular flexibility index (Phi) is 4.04. The third kappa shape index (κ3) is 2.45. The summed E-state index contributed by atoms with van der Waals surface area (Å²) >= 11 is 5.77. The van der Waals surface area contributed by atoms with E-state index < -0.39 is 0 Å². The number of allylic oxidation sites excluding steroid dienone is 1. The molecule has 3 heteroatoms. The van der Waals surface area contributed by atoms with Gasteiger partial charge in [0.1, 0.15) is 11.5 Å². The van der Waals surface area contributed by atoms with Gasteiger partial charge < -0.3 is 9.47 Å². The first-order chi connectivity index (χ1) is 7.13. The van der Waals surface area contributed by atoms with Crippen LogP contribution in [-0.2, 0) is 0 Å². The van der Waals surface area contributed by atoms with Crippen LogP contribution in [0.4, 0.5) is 0 Å². The Bertz CT molecular complexity index is 347. The predicted octanol–water partition coefficient (Wildman–Crippen LogP) is 3.26. The fourth-order valence-electron chi connectivity index (χ4n) is 1.46. The lowest BCUT2D eigenvalue weighted by Crippen LogP contribution is -1.97. The first kappa shape index (κ1) is 11.9. The van der Waals surface area contributed by atoms with Gasteiger partial charge in [0.2, 0.25) is 0 Å². The van der Waals surface area contributed by atoms with Gasteiger partial charge in [0, 0.05) is 5.88 Å². The summed E-state index contributed by atoms with van der Waals surface area (Å²) in [5.41, 5.74) is 2.72. The number of hydrogen-bond donors (Lipinski definition) is 0. The zero-order valence-corrected chi connectivity index (χ0v) is 10.0. The largest absolute Gasteiger partial charge is 0.496 e. The van der Waals surface area contributed by atoms with Gasteiger partial charge in [0.15, 0.2) is 0 Å². The second-order valence-electron chi connectivity index (χ2n) is 3.28. The van der Waals surface area contributed by atoms with E-state index in [0.29, 0.717) is 5.88 Å². The smallest absolute Gasteiger partial charge is 0.130 e. The van der Waals surface area contributed by atoms with Crippen molar-refractivity contribution in [1.29, 1.82) is 0 Å². The van der Waals surface area contributed by atoms with Crippen LogP contribution in [0.2, 0.25) is 0 Å². The average Bonchev–Trinajstić information content (AvgIpc) is 2.26. The van der Waals surface area contributed by atoms with Crippen molar-refractivity contribution in [1.82, 2.24) is 0 Å². The maximum Gasteiger partial charge on any atom is 0.130 e. The van der Waals surface area contributed by atoms with E-state index in [0.717, 1.165) is 28.2 Å². The van der Waals surface area contributed by atoms with Gasteiger partial charge in [-0.2, -0.15) is 0 Å². The highest BCUT2D eigenvalue weighted by Crippen LogP contribution is 2.35. The molecule has 0 atom stereocenters. The topological polar surface area (TPSA) is 18.5 Å². The van der Waals surface area contributed by atoms with Crippen LogP contribution >= 0.6 is 11.6 Å². The Morgan fingerprint density at radius 2 is 1.73 bits per heavy atom. The molecule has 15 heavy (non-hydrogen) atoms. The third-order valence-corrected chi connectivity index (χ3v) is 2.49. The highest BCUT2D eigenvalue weighted by molar-refractivity contribution is 6.23. The van der Waals surface area contributed by atoms with Gasteiger partial charge in [-0.25, -0.2) is 0 Å². The van der Waals surface area contributed by atoms with Crippen LogP contribution in [0.3, 0.4) is 0 Å². The summed E-state index contributed by atoms with van der Waals surface area (Å²) in [6.07, 6.45) is 0. The highest BCUT2D eigenvalue weighted by Gasteiger charge is 2.13. The van der Waals surface area contributed by atoms with Crippen molar-refractivity contribution < 1.29 is 9.47 Å². The molecule has 1 aromatic carbocycles. The van der Waals surface area contributed by atoms with E-state index >= 15 is 0 Å². The molecule has 0 saturated heterocycles. The van der Waals surface area contributed by atoms with E-state index in [4.69, 9.17) is 21.1 Å². The Labute approximate surface area is 95.5 Å². The lowest BCUT2D eigenvalue weighted by atomic mass is 10.0. The number of benzene rings is 1. The average molecular weight is 227 g/mol. The van der Waals surface area contributed by atoms with E-state index in [1.54, 1.807) is 14.2 Å². The normalized spacial score (nSPS) is 9.87. The number of methoxy groups -OCH3 is 2. The van der Waals surface area contributed by atoms with Crippen LogP contribution in [0.25, 0.3) is 5.57 Å². The van der Waals surface area contributed by atoms with E-state index in [9.17, 15) is 0 Å². The monoisotopic (exact) mass is 226 g/mol. The highest BCUT2D eigenvalue weighted by atomic mass is 35.5. The number of alkyl halides is 1. The maximum atomic E-state index is 5.77. The Morgan fingerprint density at radius 3 is 2.07 bits per heavy atom. The summed E-state index contributed by atoms with van der Waals surface area (Å²) in [7, 11) is 3.25. The predicted molar refractivity (Wildman–Crippen MR) is 64.0 cm³/mol. The minimum atomic E-state index is 0.357. The van der Waals surface area contributed by atoms with Crippen molar-refractivity contribution in [2.24, 2.45) is 0 Å². The second kappa shape index (κ2) is 5.08. The third-order valence-electron chi connectivity index (χ3n) is 2.17. The van der Waals surface area contributed by atoms with Gasteiger partial charge in [-0.15, -0.1) is 11.6 Å². The lowest BCUT2D eigenvalue weighted by Gasteiger charge is -2.14. The molecule has 0 radical (unpaired) electrons. The first-order valence-corrected chi connectivity index (χ1v) is 5.14. The molecule has 0 fully saturated rings. The van der Waals surface area contributed by atoms with E-state index in [1.165, 1.54) is 0 Å². The van der Waals surface area contributed by atoms with Crippen molar-refractivity contribution in [2.45, 2.75) is 6.92 Å². The fourth-order valence-corrected chi connectivity index (χ4v) is 1.59. The van der Waals surface area contributed by atoms with Crippen LogP contribution in [0.5, 0.6) is 11.5 Å². The number of rotatable bonds is 4. The molecule has 0 amide bonds. The SMILES string of the molecule is C=C(CCl)c1c(OC)cc(C)cc1OC. The number of halogens is 1. The Hall–Kier alpha value is -1.15. The molecule has 0 spiro atoms. The number of ether oxygens (including phenoxy) is 2. The van der Waals surface area contributed by atoms with Crippen LogP contribution in [0.1, 0.15) is 11.1 Å². The van der Waals surface area contributed by atoms with Gasteiger partial charge in [0.25, 0.3) is 0 Å². The lowest BCUT2D eigenvalue weighted by molar-refractivity contribution is 0.391. The standard InChI is InChI=1S/C12H15ClO2/c1-8-5-10(14-3)12(9(2)7-13)11(6-8)15-4/h5-6H,2,7H2,1,3-4H3. The molecule has 0 saturated carbocycles. The molecule has 0 aliphatic rings. The summed E-state index contributed by atoms with van der Waals surface area (Å²) < 4.78 is 10.6. The molecule has 82 valence electrons. The quantitative estimate of drug-likeness (QED) is 0.734. The van der Waals surface area contributed by atoms with E-state index in [2.05, 4.69) is 6.58 Å². The summed E-state index contributed by atoms with van der Waals surface area (Å²) in [6, 6.07) is 3.88. The van der Waals surface area contributed by atoms with Crippen molar-refractivity contribution in [3.8, 4) is 11.5 Å². The van der Waals surface area contributed by atoms with Crippen molar-refractivity contribution >= 4 is 17.2 Å². The summed E-state index contributed by atoms with van der Waals surface area (Å²) in [6.45, 7) is 5.88. The van der Waals surface area contributed by atoms with Crippen molar-refractivity contribution in [3.05, 3.63) is 29.8 Å². The first-order valence-electron chi connectivity index (χ1n) is 4.60.